The lowest BCUT2D eigenvalue weighted by molar-refractivity contribution is 0.473. The van der Waals surface area contributed by atoms with Crippen LogP contribution < -0.4 is 5.32 Å². The van der Waals surface area contributed by atoms with Crippen LogP contribution >= 0.6 is 11.6 Å². The van der Waals surface area contributed by atoms with E-state index in [9.17, 15) is 5.11 Å². The predicted molar refractivity (Wildman–Crippen MR) is 107 cm³/mol. The molecule has 0 aliphatic rings. The van der Waals surface area contributed by atoms with Gasteiger partial charge in [0.2, 0.25) is 0 Å². The molecular formula is C22H20ClNO. The average Bonchev–Trinajstić information content (AvgIpc) is 2.59. The van der Waals surface area contributed by atoms with Gasteiger partial charge in [-0.1, -0.05) is 60.6 Å². The van der Waals surface area contributed by atoms with Gasteiger partial charge in [0.1, 0.15) is 5.75 Å². The first-order chi connectivity index (χ1) is 12.0. The topological polar surface area (TPSA) is 32.3 Å². The number of anilines is 1. The molecule has 0 saturated heterocycles. The first-order valence-corrected chi connectivity index (χ1v) is 8.45. The number of hydrogen-bond donors (Lipinski definition) is 2. The third kappa shape index (κ3) is 3.54. The third-order valence-electron chi connectivity index (χ3n) is 4.26. The Morgan fingerprint density at radius 1 is 0.960 bits per heavy atom. The van der Waals surface area contributed by atoms with Crippen LogP contribution in [0.15, 0.2) is 67.2 Å². The van der Waals surface area contributed by atoms with Crippen LogP contribution in [0.2, 0.25) is 5.02 Å². The number of hydrogen-bond acceptors (Lipinski definition) is 2. The molecule has 3 aromatic carbocycles. The lowest BCUT2D eigenvalue weighted by Crippen LogP contribution is -2.01. The van der Waals surface area contributed by atoms with E-state index in [2.05, 4.69) is 11.9 Å². The second-order valence-corrected chi connectivity index (χ2v) is 6.49. The number of benzene rings is 3. The Bertz CT molecular complexity index is 926. The maximum Gasteiger partial charge on any atom is 0.124 e. The molecule has 3 rings (SSSR count). The van der Waals surface area contributed by atoms with Crippen molar-refractivity contribution in [3.05, 3.63) is 89.0 Å². The minimum absolute atomic E-state index is 0.180. The van der Waals surface area contributed by atoms with Gasteiger partial charge in [0, 0.05) is 27.5 Å². The molecule has 0 aromatic heterocycles. The van der Waals surface area contributed by atoms with Gasteiger partial charge in [-0.3, -0.25) is 0 Å². The molecule has 126 valence electrons. The molecule has 0 saturated carbocycles. The van der Waals surface area contributed by atoms with E-state index in [4.69, 9.17) is 11.6 Å². The van der Waals surface area contributed by atoms with Gasteiger partial charge in [0.05, 0.1) is 0 Å². The van der Waals surface area contributed by atoms with Crippen LogP contribution in [0.25, 0.3) is 16.8 Å². The Morgan fingerprint density at radius 3 is 2.32 bits per heavy atom. The van der Waals surface area contributed by atoms with Crippen molar-refractivity contribution in [2.45, 2.75) is 13.8 Å². The molecule has 0 aliphatic carbocycles. The van der Waals surface area contributed by atoms with Gasteiger partial charge >= 0.3 is 0 Å². The minimum Gasteiger partial charge on any atom is -0.507 e. The number of nitrogens with one attached hydrogen (secondary N) is 1. The summed E-state index contributed by atoms with van der Waals surface area (Å²) in [5.74, 6) is 0.180. The number of phenols is 1. The quantitative estimate of drug-likeness (QED) is 0.570. The smallest absolute Gasteiger partial charge is 0.124 e. The van der Waals surface area contributed by atoms with Crippen molar-refractivity contribution in [3.63, 3.8) is 0 Å². The molecular weight excluding hydrogens is 330 g/mol. The summed E-state index contributed by atoms with van der Waals surface area (Å²) in [6, 6.07) is 19.2. The molecule has 25 heavy (non-hydrogen) atoms. The van der Waals surface area contributed by atoms with Gasteiger partial charge in [-0.2, -0.15) is 0 Å². The van der Waals surface area contributed by atoms with E-state index < -0.39 is 0 Å². The van der Waals surface area contributed by atoms with Crippen molar-refractivity contribution in [1.29, 1.82) is 0 Å². The fourth-order valence-electron chi connectivity index (χ4n) is 2.87. The highest BCUT2D eigenvalue weighted by molar-refractivity contribution is 6.33. The summed E-state index contributed by atoms with van der Waals surface area (Å²) in [6.45, 7) is 8.20. The van der Waals surface area contributed by atoms with Crippen LogP contribution in [-0.4, -0.2) is 5.11 Å². The molecule has 0 fully saturated rings. The Labute approximate surface area is 153 Å². The highest BCUT2D eigenvalue weighted by atomic mass is 35.5. The second-order valence-electron chi connectivity index (χ2n) is 6.08. The molecule has 0 radical (unpaired) electrons. The zero-order valence-electron chi connectivity index (χ0n) is 14.3. The monoisotopic (exact) mass is 349 g/mol. The number of aromatic hydroxyl groups is 1. The maximum absolute atomic E-state index is 10.3. The van der Waals surface area contributed by atoms with Crippen molar-refractivity contribution in [2.24, 2.45) is 0 Å². The van der Waals surface area contributed by atoms with E-state index >= 15 is 0 Å². The Morgan fingerprint density at radius 2 is 1.64 bits per heavy atom. The maximum atomic E-state index is 10.3. The average molecular weight is 350 g/mol. The van der Waals surface area contributed by atoms with E-state index in [1.165, 1.54) is 0 Å². The first-order valence-electron chi connectivity index (χ1n) is 8.08. The molecule has 0 unspecified atom stereocenters. The van der Waals surface area contributed by atoms with Gasteiger partial charge in [-0.05, 0) is 48.7 Å². The number of rotatable bonds is 4. The Kier molecular flexibility index (Phi) is 4.82. The Hall–Kier alpha value is -2.71. The largest absolute Gasteiger partial charge is 0.507 e. The van der Waals surface area contributed by atoms with Crippen LogP contribution in [0.3, 0.4) is 0 Å². The van der Waals surface area contributed by atoms with E-state index in [0.717, 1.165) is 27.9 Å². The van der Waals surface area contributed by atoms with Gasteiger partial charge in [0.15, 0.2) is 0 Å². The fourth-order valence-corrected chi connectivity index (χ4v) is 3.12. The van der Waals surface area contributed by atoms with Crippen molar-refractivity contribution < 1.29 is 5.11 Å². The van der Waals surface area contributed by atoms with Crippen LogP contribution in [0, 0.1) is 13.8 Å². The lowest BCUT2D eigenvalue weighted by atomic mass is 10.0. The van der Waals surface area contributed by atoms with E-state index in [0.29, 0.717) is 16.3 Å². The van der Waals surface area contributed by atoms with Crippen molar-refractivity contribution in [1.82, 2.24) is 0 Å². The number of para-hydroxylation sites is 1. The van der Waals surface area contributed by atoms with Crippen molar-refractivity contribution in [2.75, 3.05) is 5.32 Å². The molecule has 0 atom stereocenters. The number of phenolic OH excluding ortho intramolecular Hbond substituents is 1. The van der Waals surface area contributed by atoms with Crippen LogP contribution in [0.1, 0.15) is 16.7 Å². The summed E-state index contributed by atoms with van der Waals surface area (Å²) in [5.41, 5.74) is 6.41. The standard InChI is InChI=1S/C22H20ClNO/c1-14-7-6-8-15(2)22(14)24-16(3)19-13-17(11-12-21(19)25)18-9-4-5-10-20(18)23/h4-13,24-25H,3H2,1-2H3. The van der Waals surface area contributed by atoms with E-state index in [-0.39, 0.29) is 5.75 Å². The molecule has 0 aliphatic heterocycles. The van der Waals surface area contributed by atoms with Gasteiger partial charge in [-0.25, -0.2) is 0 Å². The molecule has 3 aromatic rings. The zero-order chi connectivity index (χ0) is 18.0. The van der Waals surface area contributed by atoms with Gasteiger partial charge in [-0.15, -0.1) is 0 Å². The summed E-state index contributed by atoms with van der Waals surface area (Å²) in [6.07, 6.45) is 0. The zero-order valence-corrected chi connectivity index (χ0v) is 15.1. The highest BCUT2D eigenvalue weighted by Gasteiger charge is 2.11. The van der Waals surface area contributed by atoms with E-state index in [1.807, 2.05) is 68.4 Å². The molecule has 2 nitrogen and oxygen atoms in total. The van der Waals surface area contributed by atoms with Crippen LogP contribution in [0.5, 0.6) is 5.75 Å². The normalized spacial score (nSPS) is 10.5. The second kappa shape index (κ2) is 7.04. The van der Waals surface area contributed by atoms with Gasteiger partial charge in [0.25, 0.3) is 0 Å². The molecule has 3 heteroatoms. The van der Waals surface area contributed by atoms with E-state index in [1.54, 1.807) is 6.07 Å². The summed E-state index contributed by atoms with van der Waals surface area (Å²) >= 11 is 6.30. The first kappa shape index (κ1) is 17.1. The van der Waals surface area contributed by atoms with Crippen molar-refractivity contribution in [3.8, 4) is 16.9 Å². The highest BCUT2D eigenvalue weighted by Crippen LogP contribution is 2.34. The third-order valence-corrected chi connectivity index (χ3v) is 4.59. The fraction of sp³-hybridized carbons (Fsp3) is 0.0909. The van der Waals surface area contributed by atoms with Crippen LogP contribution in [-0.2, 0) is 0 Å². The number of halogens is 1. The molecule has 0 heterocycles. The van der Waals surface area contributed by atoms with Crippen molar-refractivity contribution >= 4 is 23.0 Å². The number of aryl methyl sites for hydroxylation is 2. The minimum atomic E-state index is 0.180. The summed E-state index contributed by atoms with van der Waals surface area (Å²) in [7, 11) is 0. The van der Waals surface area contributed by atoms with Crippen LogP contribution in [0.4, 0.5) is 5.69 Å². The molecule has 0 amide bonds. The summed E-state index contributed by atoms with van der Waals surface area (Å²) in [4.78, 5) is 0. The molecule has 0 bridgehead atoms. The summed E-state index contributed by atoms with van der Waals surface area (Å²) < 4.78 is 0. The lowest BCUT2D eigenvalue weighted by Gasteiger charge is -2.16. The molecule has 0 spiro atoms. The summed E-state index contributed by atoms with van der Waals surface area (Å²) in [5, 5.41) is 14.3. The SMILES string of the molecule is C=C(Nc1c(C)cccc1C)c1cc(-c2ccccc2Cl)ccc1O. The molecule has 2 N–H and O–H groups in total. The van der Waals surface area contributed by atoms with Gasteiger partial charge < -0.3 is 10.4 Å². The Balaban J connectivity index is 1.98. The predicted octanol–water partition coefficient (Wildman–Crippen LogP) is 6.41.